The Bertz CT molecular complexity index is 640. The Morgan fingerprint density at radius 3 is 1.68 bits per heavy atom. The van der Waals surface area contributed by atoms with Crippen molar-refractivity contribution in [2.45, 2.75) is 136 Å². The number of carbonyl (C=O) groups is 2. The van der Waals surface area contributed by atoms with Crippen LogP contribution in [0.1, 0.15) is 135 Å². The van der Waals surface area contributed by atoms with Gasteiger partial charge in [0.2, 0.25) is 0 Å². The van der Waals surface area contributed by atoms with Crippen LogP contribution in [-0.2, 0) is 20.7 Å². The third-order valence-electron chi connectivity index (χ3n) is 6.33. The van der Waals surface area contributed by atoms with Crippen LogP contribution in [-0.4, -0.2) is 18.5 Å². The lowest BCUT2D eigenvalue weighted by molar-refractivity contribution is -0.147. The average Bonchev–Trinajstić information content (AvgIpc) is 2.84. The Balaban J connectivity index is 1.85. The summed E-state index contributed by atoms with van der Waals surface area (Å²) in [6, 6.07) is 7.47. The monoisotopic (exact) mass is 474 g/mol. The zero-order chi connectivity index (χ0) is 24.7. The maximum atomic E-state index is 11.9. The smallest absolute Gasteiger partial charge is 0.311 e. The van der Waals surface area contributed by atoms with Gasteiger partial charge in [0, 0.05) is 0 Å². The molecule has 1 rings (SSSR count). The molecule has 0 saturated heterocycles. The Labute approximate surface area is 209 Å². The van der Waals surface area contributed by atoms with Crippen LogP contribution in [0.2, 0.25) is 0 Å². The third kappa shape index (κ3) is 17.6. The van der Waals surface area contributed by atoms with Crippen LogP contribution < -0.4 is 4.74 Å². The number of hydrogen-bond donors (Lipinski definition) is 0. The predicted molar refractivity (Wildman–Crippen MR) is 141 cm³/mol. The first-order valence-corrected chi connectivity index (χ1v) is 14.1. The van der Waals surface area contributed by atoms with Gasteiger partial charge >= 0.3 is 11.9 Å². The molecule has 0 radical (unpaired) electrons. The highest BCUT2D eigenvalue weighted by atomic mass is 16.5. The molecule has 34 heavy (non-hydrogen) atoms. The summed E-state index contributed by atoms with van der Waals surface area (Å²) in [7, 11) is 0. The highest BCUT2D eigenvalue weighted by Crippen LogP contribution is 2.15. The number of esters is 2. The first kappa shape index (κ1) is 30.2. The SMILES string of the molecule is CCCCCCCCCCCCCCCCCCOC(=O)CCC(=O)Oc1cccc(CC)c1. The van der Waals surface area contributed by atoms with Gasteiger partial charge in [0.25, 0.3) is 0 Å². The number of hydrogen-bond acceptors (Lipinski definition) is 4. The fourth-order valence-corrected chi connectivity index (χ4v) is 4.12. The quantitative estimate of drug-likeness (QED) is 0.0957. The molecular formula is C30H50O4. The number of ether oxygens (including phenoxy) is 2. The van der Waals surface area contributed by atoms with Gasteiger partial charge in [0.1, 0.15) is 5.75 Å². The first-order chi connectivity index (χ1) is 16.7. The van der Waals surface area contributed by atoms with Gasteiger partial charge < -0.3 is 9.47 Å². The second kappa shape index (κ2) is 21.7. The van der Waals surface area contributed by atoms with Crippen molar-refractivity contribution in [3.63, 3.8) is 0 Å². The molecule has 1 aromatic rings. The average molecular weight is 475 g/mol. The molecule has 0 saturated carbocycles. The van der Waals surface area contributed by atoms with Gasteiger partial charge in [-0.05, 0) is 30.5 Å². The number of rotatable bonds is 22. The maximum absolute atomic E-state index is 11.9. The number of carbonyl (C=O) groups excluding carboxylic acids is 2. The molecule has 0 spiro atoms. The lowest BCUT2D eigenvalue weighted by atomic mass is 10.0. The van der Waals surface area contributed by atoms with Gasteiger partial charge in [-0.15, -0.1) is 0 Å². The summed E-state index contributed by atoms with van der Waals surface area (Å²) in [6.45, 7) is 4.78. The topological polar surface area (TPSA) is 52.6 Å². The Morgan fingerprint density at radius 2 is 1.15 bits per heavy atom. The van der Waals surface area contributed by atoms with Crippen molar-refractivity contribution in [2.75, 3.05) is 6.61 Å². The minimum Gasteiger partial charge on any atom is -0.466 e. The van der Waals surface area contributed by atoms with Crippen LogP contribution in [0.3, 0.4) is 0 Å². The van der Waals surface area contributed by atoms with E-state index < -0.39 is 5.97 Å². The van der Waals surface area contributed by atoms with Crippen LogP contribution in [0, 0.1) is 0 Å². The van der Waals surface area contributed by atoms with E-state index in [-0.39, 0.29) is 18.8 Å². The predicted octanol–water partition coefficient (Wildman–Crippen LogP) is 8.74. The van der Waals surface area contributed by atoms with Crippen molar-refractivity contribution in [2.24, 2.45) is 0 Å². The first-order valence-electron chi connectivity index (χ1n) is 14.1. The van der Waals surface area contributed by atoms with Crippen molar-refractivity contribution >= 4 is 11.9 Å². The van der Waals surface area contributed by atoms with E-state index in [0.29, 0.717) is 12.4 Å². The molecule has 194 valence electrons. The highest BCUT2D eigenvalue weighted by molar-refractivity contribution is 5.79. The van der Waals surface area contributed by atoms with E-state index in [4.69, 9.17) is 9.47 Å². The molecule has 0 aliphatic carbocycles. The van der Waals surface area contributed by atoms with Crippen molar-refractivity contribution in [1.29, 1.82) is 0 Å². The third-order valence-corrected chi connectivity index (χ3v) is 6.33. The Morgan fingerprint density at radius 1 is 0.647 bits per heavy atom. The summed E-state index contributed by atoms with van der Waals surface area (Å²) in [5, 5.41) is 0. The molecule has 0 N–H and O–H groups in total. The normalized spacial score (nSPS) is 10.9. The Kier molecular flexibility index (Phi) is 19.2. The van der Waals surface area contributed by atoms with E-state index in [1.807, 2.05) is 18.2 Å². The van der Waals surface area contributed by atoms with Crippen LogP contribution in [0.4, 0.5) is 0 Å². The lowest BCUT2D eigenvalue weighted by Gasteiger charge is -2.07. The van der Waals surface area contributed by atoms with Gasteiger partial charge in [-0.25, -0.2) is 0 Å². The molecule has 0 heterocycles. The fourth-order valence-electron chi connectivity index (χ4n) is 4.12. The minimum atomic E-state index is -0.396. The Hall–Kier alpha value is -1.84. The second-order valence-electron chi connectivity index (χ2n) is 9.50. The van der Waals surface area contributed by atoms with E-state index in [9.17, 15) is 9.59 Å². The second-order valence-corrected chi connectivity index (χ2v) is 9.50. The molecule has 0 aromatic heterocycles. The highest BCUT2D eigenvalue weighted by Gasteiger charge is 2.10. The summed E-state index contributed by atoms with van der Waals surface area (Å²) < 4.78 is 10.6. The van der Waals surface area contributed by atoms with Gasteiger partial charge in [0.05, 0.1) is 19.4 Å². The van der Waals surface area contributed by atoms with E-state index in [1.165, 1.54) is 89.9 Å². The summed E-state index contributed by atoms with van der Waals surface area (Å²) >= 11 is 0. The van der Waals surface area contributed by atoms with Gasteiger partial charge in [-0.1, -0.05) is 122 Å². The van der Waals surface area contributed by atoms with E-state index in [2.05, 4.69) is 13.8 Å². The summed E-state index contributed by atoms with van der Waals surface area (Å²) in [6.07, 6.45) is 22.2. The van der Waals surface area contributed by atoms with Crippen molar-refractivity contribution in [1.82, 2.24) is 0 Å². The van der Waals surface area contributed by atoms with Crippen molar-refractivity contribution < 1.29 is 19.1 Å². The summed E-state index contributed by atoms with van der Waals surface area (Å²) in [5.41, 5.74) is 1.11. The molecule has 1 aromatic carbocycles. The molecular weight excluding hydrogens is 424 g/mol. The molecule has 0 atom stereocenters. The van der Waals surface area contributed by atoms with E-state index >= 15 is 0 Å². The molecule has 0 fully saturated rings. The van der Waals surface area contributed by atoms with Crippen molar-refractivity contribution in [3.05, 3.63) is 29.8 Å². The molecule has 0 bridgehead atoms. The van der Waals surface area contributed by atoms with Crippen LogP contribution in [0.5, 0.6) is 5.75 Å². The molecule has 0 amide bonds. The lowest BCUT2D eigenvalue weighted by Crippen LogP contribution is -2.13. The van der Waals surface area contributed by atoms with Gasteiger partial charge in [0.15, 0.2) is 0 Å². The molecule has 4 nitrogen and oxygen atoms in total. The summed E-state index contributed by atoms with van der Waals surface area (Å²) in [5.74, 6) is -0.182. The number of unbranched alkanes of at least 4 members (excludes halogenated alkanes) is 15. The minimum absolute atomic E-state index is 0.0497. The van der Waals surface area contributed by atoms with Crippen molar-refractivity contribution in [3.8, 4) is 5.75 Å². The van der Waals surface area contributed by atoms with Crippen LogP contribution >= 0.6 is 0 Å². The van der Waals surface area contributed by atoms with Gasteiger partial charge in [-0.2, -0.15) is 0 Å². The molecule has 0 aliphatic rings. The summed E-state index contributed by atoms with van der Waals surface area (Å²) in [4.78, 5) is 23.8. The fraction of sp³-hybridized carbons (Fsp3) is 0.733. The number of aryl methyl sites for hydroxylation is 1. The largest absolute Gasteiger partial charge is 0.466 e. The maximum Gasteiger partial charge on any atom is 0.311 e. The molecule has 4 heteroatoms. The van der Waals surface area contributed by atoms with Crippen LogP contribution in [0.25, 0.3) is 0 Å². The zero-order valence-corrected chi connectivity index (χ0v) is 22.1. The van der Waals surface area contributed by atoms with E-state index in [0.717, 1.165) is 24.8 Å². The van der Waals surface area contributed by atoms with Gasteiger partial charge in [-0.3, -0.25) is 9.59 Å². The van der Waals surface area contributed by atoms with E-state index in [1.54, 1.807) is 6.07 Å². The molecule has 0 unspecified atom stereocenters. The molecule has 0 aliphatic heterocycles. The standard InChI is InChI=1S/C30H50O4/c1-3-5-6-7-8-9-10-11-12-13-14-15-16-17-18-19-25-33-29(31)23-24-30(32)34-28-22-20-21-27(4-2)26-28/h20-22,26H,3-19,23-25H2,1-2H3. The van der Waals surface area contributed by atoms with Crippen LogP contribution in [0.15, 0.2) is 24.3 Å². The number of benzene rings is 1. The zero-order valence-electron chi connectivity index (χ0n) is 22.1.